The molecular weight excluding hydrogens is 383 g/mol. The third-order valence-electron chi connectivity index (χ3n) is 3.88. The second-order valence-corrected chi connectivity index (χ2v) is 7.72. The number of esters is 1. The molecule has 2 aromatic rings. The Kier molecular flexibility index (Phi) is 4.97. The molecule has 0 bridgehead atoms. The Labute approximate surface area is 154 Å². The third-order valence-corrected chi connectivity index (χ3v) is 5.98. The lowest BCUT2D eigenvalue weighted by atomic mass is 10.1. The molecule has 0 spiro atoms. The monoisotopic (exact) mass is 396 g/mol. The fourth-order valence-electron chi connectivity index (χ4n) is 2.62. The molecule has 1 aliphatic heterocycles. The number of pyridine rings is 1. The molecule has 1 aromatic carbocycles. The smallest absolute Gasteiger partial charge is 0.330 e. The van der Waals surface area contributed by atoms with E-state index >= 15 is 0 Å². The van der Waals surface area contributed by atoms with Gasteiger partial charge in [0.05, 0.1) is 12.1 Å². The summed E-state index contributed by atoms with van der Waals surface area (Å²) in [5.74, 6) is -1.26. The molecule has 1 aromatic heterocycles. The third kappa shape index (κ3) is 3.30. The molecule has 0 amide bonds. The van der Waals surface area contributed by atoms with Crippen molar-refractivity contribution in [3.8, 4) is 0 Å². The Morgan fingerprint density at radius 1 is 1.42 bits per heavy atom. The van der Waals surface area contributed by atoms with Crippen LogP contribution in [0, 0.1) is 5.82 Å². The van der Waals surface area contributed by atoms with Gasteiger partial charge in [-0.3, -0.25) is 0 Å². The quantitative estimate of drug-likeness (QED) is 0.586. The van der Waals surface area contributed by atoms with Gasteiger partial charge in [-0.1, -0.05) is 17.7 Å². The number of carbonyl (C=O) groups excluding carboxylic acids is 1. The lowest BCUT2D eigenvalue weighted by Gasteiger charge is -2.19. The number of halogens is 2. The second-order valence-electron chi connectivity index (χ2n) is 5.49. The van der Waals surface area contributed by atoms with Crippen LogP contribution in [0.25, 0.3) is 6.08 Å². The maximum absolute atomic E-state index is 14.2. The molecule has 0 aliphatic carbocycles. The van der Waals surface area contributed by atoms with Gasteiger partial charge >= 0.3 is 5.97 Å². The van der Waals surface area contributed by atoms with Gasteiger partial charge in [0.2, 0.25) is 0 Å². The Balaban J connectivity index is 1.96. The molecule has 26 heavy (non-hydrogen) atoms. The van der Waals surface area contributed by atoms with Gasteiger partial charge in [0.1, 0.15) is 10.7 Å². The van der Waals surface area contributed by atoms with Crippen molar-refractivity contribution in [2.24, 2.45) is 0 Å². The van der Waals surface area contributed by atoms with Crippen molar-refractivity contribution in [3.63, 3.8) is 0 Å². The first-order valence-electron chi connectivity index (χ1n) is 7.56. The van der Waals surface area contributed by atoms with Gasteiger partial charge in [0, 0.05) is 18.8 Å². The number of anilines is 1. The van der Waals surface area contributed by atoms with Crippen LogP contribution in [0.1, 0.15) is 11.1 Å². The number of carbonyl (C=O) groups is 1. The van der Waals surface area contributed by atoms with Crippen LogP contribution < -0.4 is 4.31 Å². The zero-order valence-electron chi connectivity index (χ0n) is 13.6. The van der Waals surface area contributed by atoms with Gasteiger partial charge in [0.15, 0.2) is 5.82 Å². The summed E-state index contributed by atoms with van der Waals surface area (Å²) in [4.78, 5) is 14.8. The first-order chi connectivity index (χ1) is 12.3. The fourth-order valence-corrected chi connectivity index (χ4v) is 4.40. The Bertz CT molecular complexity index is 1010. The van der Waals surface area contributed by atoms with E-state index in [1.807, 2.05) is 0 Å². The van der Waals surface area contributed by atoms with Gasteiger partial charge in [-0.2, -0.15) is 0 Å². The minimum Gasteiger partial charge on any atom is -0.466 e. The number of hydrogen-bond acceptors (Lipinski definition) is 5. The van der Waals surface area contributed by atoms with Crippen molar-refractivity contribution >= 4 is 39.5 Å². The highest BCUT2D eigenvalue weighted by molar-refractivity contribution is 7.92. The number of rotatable bonds is 4. The summed E-state index contributed by atoms with van der Waals surface area (Å²) in [5, 5.41) is -0.262. The summed E-state index contributed by atoms with van der Waals surface area (Å²) in [7, 11) is -2.86. The predicted octanol–water partition coefficient (Wildman–Crippen LogP) is 2.81. The molecule has 3 rings (SSSR count). The number of hydrogen-bond donors (Lipinski definition) is 0. The number of methoxy groups -OCH3 is 1. The molecule has 136 valence electrons. The van der Waals surface area contributed by atoms with Crippen molar-refractivity contribution < 1.29 is 22.3 Å². The van der Waals surface area contributed by atoms with Crippen LogP contribution in [-0.2, 0) is 26.0 Å². The molecule has 0 unspecified atom stereocenters. The van der Waals surface area contributed by atoms with Crippen molar-refractivity contribution in [2.75, 3.05) is 18.0 Å². The zero-order chi connectivity index (χ0) is 18.9. The van der Waals surface area contributed by atoms with E-state index in [0.29, 0.717) is 17.5 Å². The predicted molar refractivity (Wildman–Crippen MR) is 94.9 cm³/mol. The van der Waals surface area contributed by atoms with Crippen LogP contribution in [0.5, 0.6) is 0 Å². The van der Waals surface area contributed by atoms with Gasteiger partial charge < -0.3 is 4.74 Å². The molecule has 1 aliphatic rings. The Morgan fingerprint density at radius 2 is 2.19 bits per heavy atom. The minimum absolute atomic E-state index is 0.140. The summed E-state index contributed by atoms with van der Waals surface area (Å²) < 4.78 is 45.4. The summed E-state index contributed by atoms with van der Waals surface area (Å²) in [6.45, 7) is 0.140. The van der Waals surface area contributed by atoms with Crippen LogP contribution in [0.2, 0.25) is 5.02 Å². The van der Waals surface area contributed by atoms with E-state index < -0.39 is 26.7 Å². The van der Waals surface area contributed by atoms with Crippen molar-refractivity contribution in [1.29, 1.82) is 0 Å². The van der Waals surface area contributed by atoms with Crippen molar-refractivity contribution in [2.45, 2.75) is 11.3 Å². The average molecular weight is 397 g/mol. The van der Waals surface area contributed by atoms with E-state index in [-0.39, 0.29) is 17.4 Å². The maximum Gasteiger partial charge on any atom is 0.330 e. The highest BCUT2D eigenvalue weighted by atomic mass is 35.5. The molecule has 0 saturated carbocycles. The molecule has 9 heteroatoms. The molecule has 0 atom stereocenters. The molecule has 0 radical (unpaired) electrons. The van der Waals surface area contributed by atoms with E-state index in [2.05, 4.69) is 9.72 Å². The number of nitrogens with zero attached hydrogens (tertiary/aromatic N) is 2. The molecule has 0 saturated heterocycles. The highest BCUT2D eigenvalue weighted by Crippen LogP contribution is 2.33. The second kappa shape index (κ2) is 7.05. The summed E-state index contributed by atoms with van der Waals surface area (Å²) in [6, 6.07) is 5.56. The number of aromatic nitrogens is 1. The lowest BCUT2D eigenvalue weighted by Crippen LogP contribution is -2.30. The zero-order valence-corrected chi connectivity index (χ0v) is 15.2. The van der Waals surface area contributed by atoms with Crippen LogP contribution in [0.4, 0.5) is 10.2 Å². The lowest BCUT2D eigenvalue weighted by molar-refractivity contribution is -0.134. The summed E-state index contributed by atoms with van der Waals surface area (Å²) in [6.07, 6.45) is 4.62. The SMILES string of the molecule is COC(=O)/C=C/c1cnc2c(c1)CCN2S(=O)(=O)c1cccc(Cl)c1F. The van der Waals surface area contributed by atoms with Crippen molar-refractivity contribution in [3.05, 3.63) is 58.5 Å². The molecule has 6 nitrogen and oxygen atoms in total. The average Bonchev–Trinajstić information content (AvgIpc) is 3.05. The molecule has 2 heterocycles. The highest BCUT2D eigenvalue weighted by Gasteiger charge is 2.34. The normalized spacial score (nSPS) is 13.9. The first kappa shape index (κ1) is 18.3. The topological polar surface area (TPSA) is 76.6 Å². The van der Waals surface area contributed by atoms with Crippen LogP contribution >= 0.6 is 11.6 Å². The molecule has 0 N–H and O–H groups in total. The molecule has 0 fully saturated rings. The van der Waals surface area contributed by atoms with E-state index in [1.165, 1.54) is 43.7 Å². The van der Waals surface area contributed by atoms with Crippen molar-refractivity contribution in [1.82, 2.24) is 4.98 Å². The molecular formula is C17H14ClFN2O4S. The summed E-state index contributed by atoms with van der Waals surface area (Å²) in [5.41, 5.74) is 1.31. The van der Waals surface area contributed by atoms with Gasteiger partial charge in [-0.15, -0.1) is 0 Å². The minimum atomic E-state index is -4.13. The van der Waals surface area contributed by atoms with Crippen LogP contribution in [0.3, 0.4) is 0 Å². The van der Waals surface area contributed by atoms with Crippen LogP contribution in [0.15, 0.2) is 41.4 Å². The number of sulfonamides is 1. The maximum atomic E-state index is 14.2. The number of ether oxygens (including phenoxy) is 1. The van der Waals surface area contributed by atoms with Gasteiger partial charge in [0.25, 0.3) is 10.0 Å². The van der Waals surface area contributed by atoms with E-state index in [0.717, 1.165) is 4.31 Å². The summed E-state index contributed by atoms with van der Waals surface area (Å²) >= 11 is 5.70. The first-order valence-corrected chi connectivity index (χ1v) is 9.38. The van der Waals surface area contributed by atoms with E-state index in [4.69, 9.17) is 11.6 Å². The van der Waals surface area contributed by atoms with Gasteiger partial charge in [-0.25, -0.2) is 26.9 Å². The largest absolute Gasteiger partial charge is 0.466 e. The van der Waals surface area contributed by atoms with Crippen LogP contribution in [-0.4, -0.2) is 33.0 Å². The standard InChI is InChI=1S/C17H14ClFN2O4S/c1-25-15(22)6-5-11-9-12-7-8-21(17(12)20-10-11)26(23,24)14-4-2-3-13(18)16(14)19/h2-6,9-10H,7-8H2,1H3/b6-5+. The Morgan fingerprint density at radius 3 is 2.92 bits per heavy atom. The number of fused-ring (bicyclic) bond motifs is 1. The number of benzene rings is 1. The van der Waals surface area contributed by atoms with Gasteiger partial charge in [-0.05, 0) is 41.8 Å². The van der Waals surface area contributed by atoms with E-state index in [9.17, 15) is 17.6 Å². The fraction of sp³-hybridized carbons (Fsp3) is 0.176. The Hall–Kier alpha value is -2.45. The van der Waals surface area contributed by atoms with E-state index in [1.54, 1.807) is 6.07 Å².